The Hall–Kier alpha value is 5.12. The van der Waals surface area contributed by atoms with Crippen molar-refractivity contribution in [2.75, 3.05) is 0 Å². The summed E-state index contributed by atoms with van der Waals surface area (Å²) in [4.78, 5) is 0. The van der Waals surface area contributed by atoms with Gasteiger partial charge in [0.2, 0.25) is 0 Å². The van der Waals surface area contributed by atoms with Gasteiger partial charge in [0, 0.05) is 154 Å². The van der Waals surface area contributed by atoms with Crippen molar-refractivity contribution in [3.8, 4) is 0 Å². The fourth-order valence-electron chi connectivity index (χ4n) is 0. The van der Waals surface area contributed by atoms with Gasteiger partial charge < -0.3 is 0 Å². The molecule has 0 aromatic rings. The molecule has 0 rings (SSSR count). The van der Waals surface area contributed by atoms with Crippen molar-refractivity contribution in [3.05, 3.63) is 0 Å². The average molecular weight is 638 g/mol. The van der Waals surface area contributed by atoms with Crippen LogP contribution in [0.2, 0.25) is 0 Å². The van der Waals surface area contributed by atoms with E-state index < -0.39 is 0 Å². The van der Waals surface area contributed by atoms with Crippen LogP contribution in [0.25, 0.3) is 0 Å². The van der Waals surface area contributed by atoms with Crippen LogP contribution in [0.15, 0.2) is 0 Å². The zero-order valence-corrected chi connectivity index (χ0v) is 18.6. The first kappa shape index (κ1) is 32.1. The minimum absolute atomic E-state index is 0. The van der Waals surface area contributed by atoms with Gasteiger partial charge in [0.1, 0.15) is 0 Å². The van der Waals surface area contributed by atoms with Gasteiger partial charge in [-0.05, 0) is 0 Å². The molecule has 0 bridgehead atoms. The summed E-state index contributed by atoms with van der Waals surface area (Å²) >= 11 is 0. The normalized spacial score (nSPS) is 0. The molecule has 0 saturated carbocycles. The largest absolute Gasteiger partial charge is 0 e. The fourth-order valence-corrected chi connectivity index (χ4v) is 0. The van der Waals surface area contributed by atoms with E-state index in [9.17, 15) is 0 Å². The molecule has 0 fully saturated rings. The Kier molecular flexibility index (Phi) is 147. The van der Waals surface area contributed by atoms with Crippen molar-refractivity contribution in [1.82, 2.24) is 0 Å². The van der Waals surface area contributed by atoms with Crippen LogP contribution >= 0.6 is 0 Å². The van der Waals surface area contributed by atoms with Crippen molar-refractivity contribution >= 4 is 71.7 Å². The summed E-state index contributed by atoms with van der Waals surface area (Å²) in [5, 5.41) is 0. The van der Waals surface area contributed by atoms with Crippen molar-refractivity contribution in [1.29, 1.82) is 0 Å². The first-order valence-electron chi connectivity index (χ1n) is 0. The van der Waals surface area contributed by atoms with Gasteiger partial charge in [0.05, 0.1) is 0 Å². The Morgan fingerprint density at radius 1 is 0.400 bits per heavy atom. The van der Waals surface area contributed by atoms with Gasteiger partial charge in [-0.15, -0.1) is 0 Å². The van der Waals surface area contributed by atoms with Gasteiger partial charge in [0.15, 0.2) is 0 Å². The third kappa shape index (κ3) is 17.6. The number of rotatable bonds is 0. The van der Waals surface area contributed by atoms with E-state index in [1.165, 1.54) is 0 Å². The quantitative estimate of drug-likeness (QED) is 0.295. The van der Waals surface area contributed by atoms with Gasteiger partial charge in [-0.1, -0.05) is 0 Å². The molecule has 0 aromatic heterocycles. The Bertz CT molecular complexity index is 4.85. The molecule has 0 aromatic carbocycles. The fraction of sp³-hybridized carbons (Fsp3) is 0. The first-order chi connectivity index (χ1) is 0. The van der Waals surface area contributed by atoms with Gasteiger partial charge in [-0.25, -0.2) is 0 Å². The van der Waals surface area contributed by atoms with E-state index in [2.05, 4.69) is 0 Å². The molecule has 0 heterocycles. The monoisotopic (exact) mass is 642 g/mol. The Labute approximate surface area is 150 Å². The summed E-state index contributed by atoms with van der Waals surface area (Å²) in [6.07, 6.45) is 0. The summed E-state index contributed by atoms with van der Waals surface area (Å²) < 4.78 is 0. The zero-order chi connectivity index (χ0) is 0. The van der Waals surface area contributed by atoms with Crippen LogP contribution in [0.3, 0.4) is 0 Å². The maximum atomic E-state index is 0. The minimum atomic E-state index is 0. The molecule has 0 saturated heterocycles. The van der Waals surface area contributed by atoms with Crippen LogP contribution in [0, 0.1) is 82.6 Å². The molecule has 0 aliphatic carbocycles. The molecular weight excluding hydrogens is 638 g/mol. The summed E-state index contributed by atoms with van der Waals surface area (Å²) in [6, 6.07) is 0. The molecule has 0 unspecified atom stereocenters. The van der Waals surface area contributed by atoms with Crippen LogP contribution in [-0.4, -0.2) is 71.7 Å². The second-order valence-electron chi connectivity index (χ2n) is 0. The third-order valence-electron chi connectivity index (χ3n) is 0. The van der Waals surface area contributed by atoms with Crippen molar-refractivity contribution in [3.63, 3.8) is 0 Å². The van der Waals surface area contributed by atoms with Crippen LogP contribution in [0.5, 0.6) is 0 Å². The van der Waals surface area contributed by atoms with E-state index in [1.807, 2.05) is 0 Å². The second-order valence-corrected chi connectivity index (χ2v) is 0. The van der Waals surface area contributed by atoms with E-state index in [-0.39, 0.29) is 154 Å². The van der Waals surface area contributed by atoms with Crippen molar-refractivity contribution in [2.45, 2.75) is 0 Å². The number of hydrogen-bond donors (Lipinski definition) is 0. The van der Waals surface area contributed by atoms with Gasteiger partial charge in [-0.2, -0.15) is 0 Å². The number of hydrogen-bond acceptors (Lipinski definition) is 0. The first-order valence-corrected chi connectivity index (χ1v) is 0. The standard InChI is InChI=1S/2Pr.3Sn. The van der Waals surface area contributed by atoms with Gasteiger partial charge in [0.25, 0.3) is 0 Å². The second kappa shape index (κ2) is 22.9. The molecule has 5 heteroatoms. The van der Waals surface area contributed by atoms with Crippen LogP contribution in [0.1, 0.15) is 0 Å². The molecular formula is Pr2Sn3. The van der Waals surface area contributed by atoms with E-state index in [4.69, 9.17) is 0 Å². The van der Waals surface area contributed by atoms with Gasteiger partial charge in [-0.3, -0.25) is 0 Å². The van der Waals surface area contributed by atoms with Crippen LogP contribution in [0.4, 0.5) is 0 Å². The zero-order valence-electron chi connectivity index (χ0n) is 2.65. The summed E-state index contributed by atoms with van der Waals surface area (Å²) in [7, 11) is 0. The van der Waals surface area contributed by atoms with E-state index in [0.29, 0.717) is 0 Å². The molecule has 0 spiro atoms. The Morgan fingerprint density at radius 2 is 0.400 bits per heavy atom. The summed E-state index contributed by atoms with van der Waals surface area (Å²) in [6.45, 7) is 0. The maximum absolute atomic E-state index is 0. The minimum Gasteiger partial charge on any atom is 0 e. The summed E-state index contributed by atoms with van der Waals surface area (Å²) in [5.74, 6) is 0. The molecule has 14 radical (unpaired) electrons. The molecule has 0 nitrogen and oxygen atoms in total. The molecule has 18 valence electrons. The van der Waals surface area contributed by atoms with Crippen molar-refractivity contribution < 1.29 is 82.6 Å². The van der Waals surface area contributed by atoms with E-state index >= 15 is 0 Å². The Balaban J connectivity index is 0. The topological polar surface area (TPSA) is 0 Å². The maximum Gasteiger partial charge on any atom is 0 e. The third-order valence-corrected chi connectivity index (χ3v) is 0. The Morgan fingerprint density at radius 3 is 0.400 bits per heavy atom. The predicted octanol–water partition coefficient (Wildman–Crippen LogP) is -1.14. The molecule has 0 aliphatic heterocycles. The van der Waals surface area contributed by atoms with Gasteiger partial charge >= 0.3 is 0 Å². The smallest absolute Gasteiger partial charge is 0 e. The molecule has 0 atom stereocenters. The van der Waals surface area contributed by atoms with Crippen LogP contribution in [-0.2, 0) is 0 Å². The SMILES string of the molecule is [Pr].[Pr].[Sn].[Sn].[Sn]. The average Bonchev–Trinajstić information content (AvgIpc) is 0. The molecule has 0 aliphatic rings. The van der Waals surface area contributed by atoms with E-state index in [0.717, 1.165) is 0 Å². The predicted molar refractivity (Wildman–Crippen MR) is 17.3 cm³/mol. The summed E-state index contributed by atoms with van der Waals surface area (Å²) in [5.41, 5.74) is 0. The molecule has 5 heavy (non-hydrogen) atoms. The molecule has 0 N–H and O–H groups in total. The van der Waals surface area contributed by atoms with Crippen LogP contribution < -0.4 is 0 Å². The molecule has 0 amide bonds. The van der Waals surface area contributed by atoms with Crippen molar-refractivity contribution in [2.24, 2.45) is 0 Å². The van der Waals surface area contributed by atoms with E-state index in [1.54, 1.807) is 0 Å².